The summed E-state index contributed by atoms with van der Waals surface area (Å²) >= 11 is 0. The first-order valence-corrected chi connectivity index (χ1v) is 10.6. The highest BCUT2D eigenvalue weighted by Gasteiger charge is 2.27. The minimum atomic E-state index is -0.315. The van der Waals surface area contributed by atoms with E-state index in [2.05, 4.69) is 66.1 Å². The van der Waals surface area contributed by atoms with E-state index >= 15 is 0 Å². The fourth-order valence-electron chi connectivity index (χ4n) is 3.69. The number of hydrogen-bond acceptors (Lipinski definition) is 2. The van der Waals surface area contributed by atoms with E-state index in [0.29, 0.717) is 18.8 Å². The molecule has 1 aromatic heterocycles. The van der Waals surface area contributed by atoms with Gasteiger partial charge in [-0.1, -0.05) is 78.4 Å². The van der Waals surface area contributed by atoms with Gasteiger partial charge >= 0.3 is 5.97 Å². The summed E-state index contributed by atoms with van der Waals surface area (Å²) in [4.78, 5) is 13.0. The Kier molecular flexibility index (Phi) is 6.23. The lowest BCUT2D eigenvalue weighted by Crippen LogP contribution is -2.44. The van der Waals surface area contributed by atoms with Crippen molar-refractivity contribution in [3.8, 4) is 22.4 Å². The largest absolute Gasteiger partial charge is 0.458 e. The molecule has 0 N–H and O–H groups in total. The van der Waals surface area contributed by atoms with Gasteiger partial charge in [-0.15, -0.1) is 0 Å². The molecule has 0 amide bonds. The SMILES string of the molecule is CCOC(=O)c1cc(-c2ccccc2)cc(-c2ccccc2)[n+]1Cc1ccc(C)cc1. The van der Waals surface area contributed by atoms with Gasteiger partial charge < -0.3 is 4.74 Å². The first kappa shape index (κ1) is 20.5. The minimum Gasteiger partial charge on any atom is -0.458 e. The van der Waals surface area contributed by atoms with Crippen LogP contribution in [0, 0.1) is 6.92 Å². The van der Waals surface area contributed by atoms with Crippen LogP contribution >= 0.6 is 0 Å². The standard InChI is InChI=1S/C28H26NO2/c1-3-31-28(30)27-19-25(23-10-6-4-7-11-23)18-26(24-12-8-5-9-13-24)29(27)20-22-16-14-21(2)15-17-22/h4-19H,3,20H2,1-2H3/q+1. The molecule has 0 aliphatic heterocycles. The molecule has 4 aromatic rings. The summed E-state index contributed by atoms with van der Waals surface area (Å²) in [6.45, 7) is 4.82. The van der Waals surface area contributed by atoms with Crippen LogP contribution in [0.2, 0.25) is 0 Å². The summed E-state index contributed by atoms with van der Waals surface area (Å²) in [5.74, 6) is -0.315. The fourth-order valence-corrected chi connectivity index (χ4v) is 3.69. The van der Waals surface area contributed by atoms with Crippen molar-refractivity contribution in [1.29, 1.82) is 0 Å². The van der Waals surface area contributed by atoms with Crippen molar-refractivity contribution in [2.24, 2.45) is 0 Å². The second-order valence-corrected chi connectivity index (χ2v) is 7.54. The molecule has 0 saturated heterocycles. The molecule has 31 heavy (non-hydrogen) atoms. The van der Waals surface area contributed by atoms with Gasteiger partial charge in [0.2, 0.25) is 5.69 Å². The summed E-state index contributed by atoms with van der Waals surface area (Å²) in [5, 5.41) is 0. The smallest absolute Gasteiger partial charge is 0.403 e. The van der Waals surface area contributed by atoms with Gasteiger partial charge in [-0.05, 0) is 37.1 Å². The van der Waals surface area contributed by atoms with Crippen molar-refractivity contribution in [2.75, 3.05) is 6.61 Å². The van der Waals surface area contributed by atoms with Crippen LogP contribution in [0.4, 0.5) is 0 Å². The predicted octanol–water partition coefficient (Wildman–Crippen LogP) is 5.84. The van der Waals surface area contributed by atoms with Crippen molar-refractivity contribution < 1.29 is 14.1 Å². The molecular formula is C28H26NO2+. The maximum absolute atomic E-state index is 13.0. The van der Waals surface area contributed by atoms with Gasteiger partial charge in [0.25, 0.3) is 5.69 Å². The van der Waals surface area contributed by atoms with E-state index in [1.54, 1.807) is 0 Å². The van der Waals surface area contributed by atoms with Crippen molar-refractivity contribution in [3.63, 3.8) is 0 Å². The third-order valence-electron chi connectivity index (χ3n) is 5.29. The van der Waals surface area contributed by atoms with E-state index in [1.165, 1.54) is 5.56 Å². The number of pyridine rings is 1. The number of carbonyl (C=O) groups excluding carboxylic acids is 1. The topological polar surface area (TPSA) is 30.2 Å². The molecule has 0 aliphatic carbocycles. The lowest BCUT2D eigenvalue weighted by Gasteiger charge is -2.12. The molecule has 3 heteroatoms. The Hall–Kier alpha value is -3.72. The van der Waals surface area contributed by atoms with E-state index in [4.69, 9.17) is 4.74 Å². The van der Waals surface area contributed by atoms with Crippen LogP contribution in [-0.2, 0) is 11.3 Å². The van der Waals surface area contributed by atoms with E-state index < -0.39 is 0 Å². The fraction of sp³-hybridized carbons (Fsp3) is 0.143. The second-order valence-electron chi connectivity index (χ2n) is 7.54. The number of aryl methyl sites for hydroxylation is 1. The molecule has 3 aromatic carbocycles. The number of ether oxygens (including phenoxy) is 1. The Labute approximate surface area is 183 Å². The molecular weight excluding hydrogens is 382 g/mol. The quantitative estimate of drug-likeness (QED) is 0.296. The van der Waals surface area contributed by atoms with Crippen molar-refractivity contribution in [3.05, 3.63) is 114 Å². The molecule has 0 saturated carbocycles. The second kappa shape index (κ2) is 9.40. The van der Waals surface area contributed by atoms with E-state index in [9.17, 15) is 4.79 Å². The first-order chi connectivity index (χ1) is 15.2. The van der Waals surface area contributed by atoms with E-state index in [1.807, 2.05) is 49.4 Å². The van der Waals surface area contributed by atoms with Gasteiger partial charge in [-0.25, -0.2) is 4.79 Å². The summed E-state index contributed by atoms with van der Waals surface area (Å²) in [5.41, 5.74) is 6.97. The number of hydrogen-bond donors (Lipinski definition) is 0. The monoisotopic (exact) mass is 408 g/mol. The maximum atomic E-state index is 13.0. The summed E-state index contributed by atoms with van der Waals surface area (Å²) in [7, 11) is 0. The number of rotatable bonds is 6. The lowest BCUT2D eigenvalue weighted by atomic mass is 10.0. The number of nitrogens with zero attached hydrogens (tertiary/aromatic N) is 1. The Morgan fingerprint density at radius 3 is 2.00 bits per heavy atom. The Balaban J connectivity index is 1.94. The molecule has 4 rings (SSSR count). The normalized spacial score (nSPS) is 10.6. The van der Waals surface area contributed by atoms with Gasteiger partial charge in [0.1, 0.15) is 0 Å². The molecule has 3 nitrogen and oxygen atoms in total. The van der Waals surface area contributed by atoms with Gasteiger partial charge in [0.15, 0.2) is 6.54 Å². The van der Waals surface area contributed by atoms with Gasteiger partial charge in [-0.3, -0.25) is 0 Å². The van der Waals surface area contributed by atoms with E-state index in [-0.39, 0.29) is 5.97 Å². The molecule has 0 aliphatic rings. The average molecular weight is 409 g/mol. The molecule has 0 unspecified atom stereocenters. The molecule has 0 spiro atoms. The average Bonchev–Trinajstić information content (AvgIpc) is 2.82. The molecule has 0 radical (unpaired) electrons. The zero-order valence-electron chi connectivity index (χ0n) is 17.9. The summed E-state index contributed by atoms with van der Waals surface area (Å²) in [6, 6.07) is 32.8. The Morgan fingerprint density at radius 2 is 1.39 bits per heavy atom. The van der Waals surface area contributed by atoms with Crippen LogP contribution in [0.1, 0.15) is 28.5 Å². The molecule has 1 heterocycles. The molecule has 0 fully saturated rings. The van der Waals surface area contributed by atoms with Crippen molar-refractivity contribution >= 4 is 5.97 Å². The predicted molar refractivity (Wildman–Crippen MR) is 124 cm³/mol. The van der Waals surface area contributed by atoms with Crippen LogP contribution in [0.5, 0.6) is 0 Å². The molecule has 0 atom stereocenters. The third-order valence-corrected chi connectivity index (χ3v) is 5.29. The van der Waals surface area contributed by atoms with Gasteiger partial charge in [0, 0.05) is 23.3 Å². The van der Waals surface area contributed by atoms with Crippen molar-refractivity contribution in [1.82, 2.24) is 0 Å². The van der Waals surface area contributed by atoms with Crippen LogP contribution in [0.25, 0.3) is 22.4 Å². The summed E-state index contributed by atoms with van der Waals surface area (Å²) in [6.07, 6.45) is 0. The van der Waals surface area contributed by atoms with Crippen LogP contribution in [0.15, 0.2) is 97.1 Å². The number of esters is 1. The first-order valence-electron chi connectivity index (χ1n) is 10.6. The highest BCUT2D eigenvalue weighted by Crippen LogP contribution is 2.26. The maximum Gasteiger partial charge on any atom is 0.403 e. The summed E-state index contributed by atoms with van der Waals surface area (Å²) < 4.78 is 7.51. The van der Waals surface area contributed by atoms with Crippen LogP contribution < -0.4 is 4.57 Å². The van der Waals surface area contributed by atoms with E-state index in [0.717, 1.165) is 27.9 Å². The highest BCUT2D eigenvalue weighted by molar-refractivity contribution is 5.88. The number of carbonyl (C=O) groups is 1. The van der Waals surface area contributed by atoms with Crippen LogP contribution in [0.3, 0.4) is 0 Å². The van der Waals surface area contributed by atoms with Gasteiger partial charge in [0.05, 0.1) is 6.61 Å². The Morgan fingerprint density at radius 1 is 0.774 bits per heavy atom. The minimum absolute atomic E-state index is 0.315. The van der Waals surface area contributed by atoms with Gasteiger partial charge in [-0.2, -0.15) is 4.57 Å². The van der Waals surface area contributed by atoms with Crippen molar-refractivity contribution in [2.45, 2.75) is 20.4 Å². The Bertz CT molecular complexity index is 1170. The number of benzene rings is 3. The number of aromatic nitrogens is 1. The molecule has 0 bridgehead atoms. The van der Waals surface area contributed by atoms with Crippen LogP contribution in [-0.4, -0.2) is 12.6 Å². The lowest BCUT2D eigenvalue weighted by molar-refractivity contribution is -0.679. The molecule has 154 valence electrons. The highest BCUT2D eigenvalue weighted by atomic mass is 16.5. The zero-order valence-corrected chi connectivity index (χ0v) is 17.9. The third kappa shape index (κ3) is 4.72. The zero-order chi connectivity index (χ0) is 21.6.